The smallest absolute Gasteiger partial charge is 0.299 e. The molecular formula is C12H12BrNO2. The van der Waals surface area contributed by atoms with Crippen LogP contribution in [-0.2, 0) is 4.79 Å². The van der Waals surface area contributed by atoms with Gasteiger partial charge in [0.25, 0.3) is 11.7 Å². The highest BCUT2D eigenvalue weighted by Gasteiger charge is 2.35. The van der Waals surface area contributed by atoms with E-state index in [1.165, 1.54) is 0 Å². The maximum Gasteiger partial charge on any atom is 0.299 e. The van der Waals surface area contributed by atoms with Gasteiger partial charge in [-0.3, -0.25) is 9.59 Å². The molecule has 0 atom stereocenters. The van der Waals surface area contributed by atoms with Gasteiger partial charge in [-0.05, 0) is 25.5 Å². The molecule has 0 aromatic heterocycles. The number of Topliss-reactive ketones (excluding diaryl/α,β-unsaturated/α-hetero) is 1. The number of carbonyl (C=O) groups excluding carboxylic acids is 2. The van der Waals surface area contributed by atoms with Gasteiger partial charge >= 0.3 is 0 Å². The number of anilines is 1. The Morgan fingerprint density at radius 2 is 2.06 bits per heavy atom. The second-order valence-corrected chi connectivity index (χ2v) is 4.64. The van der Waals surface area contributed by atoms with E-state index in [1.807, 2.05) is 19.1 Å². The van der Waals surface area contributed by atoms with Gasteiger partial charge in [-0.1, -0.05) is 27.6 Å². The lowest BCUT2D eigenvalue weighted by atomic mass is 10.1. The Morgan fingerprint density at radius 3 is 2.75 bits per heavy atom. The highest BCUT2D eigenvalue weighted by Crippen LogP contribution is 2.29. The minimum Gasteiger partial charge on any atom is -0.305 e. The molecule has 0 spiro atoms. The zero-order valence-electron chi connectivity index (χ0n) is 9.00. The van der Waals surface area contributed by atoms with E-state index in [9.17, 15) is 9.59 Å². The van der Waals surface area contributed by atoms with Crippen LogP contribution in [-0.4, -0.2) is 23.6 Å². The van der Waals surface area contributed by atoms with Crippen LogP contribution >= 0.6 is 15.9 Å². The minimum atomic E-state index is -0.401. The van der Waals surface area contributed by atoms with Gasteiger partial charge in [-0.2, -0.15) is 0 Å². The molecule has 1 aromatic rings. The summed E-state index contributed by atoms with van der Waals surface area (Å²) in [6.45, 7) is 2.51. The number of hydrogen-bond acceptors (Lipinski definition) is 2. The maximum absolute atomic E-state index is 11.7. The third-order valence-electron chi connectivity index (χ3n) is 2.64. The first kappa shape index (κ1) is 11.3. The molecule has 1 heterocycles. The van der Waals surface area contributed by atoms with E-state index >= 15 is 0 Å². The topological polar surface area (TPSA) is 37.4 Å². The number of nitrogens with zero attached hydrogens (tertiary/aromatic N) is 1. The molecule has 1 amide bonds. The molecule has 0 N–H and O–H groups in total. The fraction of sp³-hybridized carbons (Fsp3) is 0.333. The number of rotatable bonds is 3. The van der Waals surface area contributed by atoms with Crippen LogP contribution in [0.15, 0.2) is 18.2 Å². The fourth-order valence-electron chi connectivity index (χ4n) is 1.85. The number of halogens is 1. The third-order valence-corrected chi connectivity index (χ3v) is 3.20. The van der Waals surface area contributed by atoms with Crippen LogP contribution < -0.4 is 4.90 Å². The zero-order valence-corrected chi connectivity index (χ0v) is 10.6. The second kappa shape index (κ2) is 4.37. The quantitative estimate of drug-likeness (QED) is 0.630. The van der Waals surface area contributed by atoms with Gasteiger partial charge in [0.05, 0.1) is 11.3 Å². The molecule has 0 saturated carbocycles. The first-order valence-corrected chi connectivity index (χ1v) is 6.30. The van der Waals surface area contributed by atoms with Gasteiger partial charge in [0.15, 0.2) is 0 Å². The number of carbonyl (C=O) groups is 2. The Hall–Kier alpha value is -1.16. The molecule has 4 heteroatoms. The minimum absolute atomic E-state index is 0.381. The lowest BCUT2D eigenvalue weighted by molar-refractivity contribution is -0.114. The Balaban J connectivity index is 2.38. The summed E-state index contributed by atoms with van der Waals surface area (Å²) in [5, 5.41) is 0.826. The van der Waals surface area contributed by atoms with E-state index in [0.29, 0.717) is 12.1 Å². The van der Waals surface area contributed by atoms with Crippen molar-refractivity contribution in [2.75, 3.05) is 16.8 Å². The van der Waals surface area contributed by atoms with Crippen molar-refractivity contribution in [2.45, 2.75) is 13.3 Å². The average Bonchev–Trinajstić information content (AvgIpc) is 2.50. The molecule has 84 valence electrons. The summed E-state index contributed by atoms with van der Waals surface area (Å²) in [5.74, 6) is -0.783. The fourth-order valence-corrected chi connectivity index (χ4v) is 2.10. The molecular weight excluding hydrogens is 270 g/mol. The first-order valence-electron chi connectivity index (χ1n) is 5.18. The Labute approximate surface area is 103 Å². The van der Waals surface area contributed by atoms with E-state index in [2.05, 4.69) is 15.9 Å². The number of amides is 1. The number of fused-ring (bicyclic) bond motifs is 1. The summed E-state index contributed by atoms with van der Waals surface area (Å²) in [6, 6.07) is 5.55. The molecule has 2 rings (SSSR count). The van der Waals surface area contributed by atoms with Crippen molar-refractivity contribution < 1.29 is 9.59 Å². The van der Waals surface area contributed by atoms with Gasteiger partial charge in [0.1, 0.15) is 0 Å². The van der Waals surface area contributed by atoms with E-state index in [0.717, 1.165) is 23.0 Å². The van der Waals surface area contributed by atoms with E-state index in [4.69, 9.17) is 0 Å². The molecule has 1 aromatic carbocycles. The maximum atomic E-state index is 11.7. The molecule has 0 unspecified atom stereocenters. The summed E-state index contributed by atoms with van der Waals surface area (Å²) >= 11 is 3.32. The summed E-state index contributed by atoms with van der Waals surface area (Å²) in [5.41, 5.74) is 2.29. The lowest BCUT2D eigenvalue weighted by Crippen LogP contribution is -2.30. The van der Waals surface area contributed by atoms with Crippen molar-refractivity contribution in [3.8, 4) is 0 Å². The van der Waals surface area contributed by atoms with Crippen molar-refractivity contribution >= 4 is 33.3 Å². The number of hydrogen-bond donors (Lipinski definition) is 0. The average molecular weight is 282 g/mol. The van der Waals surface area contributed by atoms with E-state index in [1.54, 1.807) is 11.0 Å². The van der Waals surface area contributed by atoms with Crippen molar-refractivity contribution in [1.82, 2.24) is 0 Å². The van der Waals surface area contributed by atoms with Crippen LogP contribution in [0.2, 0.25) is 0 Å². The van der Waals surface area contributed by atoms with Crippen molar-refractivity contribution in [3.63, 3.8) is 0 Å². The van der Waals surface area contributed by atoms with E-state index in [-0.39, 0.29) is 5.78 Å². The Morgan fingerprint density at radius 1 is 1.31 bits per heavy atom. The van der Waals surface area contributed by atoms with Crippen LogP contribution in [0.5, 0.6) is 0 Å². The summed E-state index contributed by atoms with van der Waals surface area (Å²) < 4.78 is 0. The van der Waals surface area contributed by atoms with Gasteiger partial charge in [0, 0.05) is 11.9 Å². The molecule has 3 nitrogen and oxygen atoms in total. The Kier molecular flexibility index (Phi) is 3.10. The van der Waals surface area contributed by atoms with Crippen LogP contribution in [0.3, 0.4) is 0 Å². The second-order valence-electron chi connectivity index (χ2n) is 3.85. The van der Waals surface area contributed by atoms with Gasteiger partial charge in [-0.25, -0.2) is 0 Å². The summed E-state index contributed by atoms with van der Waals surface area (Å²) in [6.07, 6.45) is 0.840. The summed E-state index contributed by atoms with van der Waals surface area (Å²) in [7, 11) is 0. The van der Waals surface area contributed by atoms with Gasteiger partial charge in [-0.15, -0.1) is 0 Å². The number of aryl methyl sites for hydroxylation is 1. The molecule has 0 saturated heterocycles. The van der Waals surface area contributed by atoms with Crippen LogP contribution in [0.25, 0.3) is 0 Å². The highest BCUT2D eigenvalue weighted by molar-refractivity contribution is 9.09. The molecule has 1 aliphatic rings. The van der Waals surface area contributed by atoms with Crippen LogP contribution in [0.4, 0.5) is 5.69 Å². The lowest BCUT2D eigenvalue weighted by Gasteiger charge is -2.15. The zero-order chi connectivity index (χ0) is 11.7. The molecule has 0 bridgehead atoms. The molecule has 0 radical (unpaired) electrons. The van der Waals surface area contributed by atoms with Crippen molar-refractivity contribution in [2.24, 2.45) is 0 Å². The predicted molar refractivity (Wildman–Crippen MR) is 66.3 cm³/mol. The monoisotopic (exact) mass is 281 g/mol. The van der Waals surface area contributed by atoms with Gasteiger partial charge in [0.2, 0.25) is 0 Å². The molecule has 16 heavy (non-hydrogen) atoms. The number of alkyl halides is 1. The van der Waals surface area contributed by atoms with Crippen molar-refractivity contribution in [3.05, 3.63) is 29.3 Å². The van der Waals surface area contributed by atoms with Crippen LogP contribution in [0.1, 0.15) is 22.3 Å². The van der Waals surface area contributed by atoms with E-state index < -0.39 is 5.91 Å². The van der Waals surface area contributed by atoms with Gasteiger partial charge < -0.3 is 4.90 Å². The third kappa shape index (κ3) is 1.78. The standard InChI is InChI=1S/C12H12BrNO2/c1-8-3-4-10-9(7-8)11(15)12(16)14(10)6-2-5-13/h3-4,7H,2,5-6H2,1H3. The normalized spacial score (nSPS) is 14.5. The van der Waals surface area contributed by atoms with Crippen molar-refractivity contribution in [1.29, 1.82) is 0 Å². The number of ketones is 1. The highest BCUT2D eigenvalue weighted by atomic mass is 79.9. The predicted octanol–water partition coefficient (Wildman–Crippen LogP) is 2.31. The Bertz CT molecular complexity index is 456. The molecule has 0 fully saturated rings. The van der Waals surface area contributed by atoms with Crippen LogP contribution in [0, 0.1) is 6.92 Å². The molecule has 1 aliphatic heterocycles. The summed E-state index contributed by atoms with van der Waals surface area (Å²) in [4.78, 5) is 25.0. The largest absolute Gasteiger partial charge is 0.305 e. The SMILES string of the molecule is Cc1ccc2c(c1)C(=O)C(=O)N2CCCBr. The first-order chi connectivity index (χ1) is 7.65. The number of benzene rings is 1. The molecule has 0 aliphatic carbocycles.